The molecule has 0 aliphatic carbocycles. The van der Waals surface area contributed by atoms with Crippen LogP contribution in [0.1, 0.15) is 11.4 Å². The third-order valence-electron chi connectivity index (χ3n) is 3.06. The number of rotatable bonds is 2. The molecule has 2 heterocycles. The van der Waals surface area contributed by atoms with Crippen LogP contribution in [0.15, 0.2) is 48.8 Å². The molecule has 0 atom stereocenters. The average molecular weight is 250 g/mol. The molecular formula is C15H14N4. The van der Waals surface area contributed by atoms with Crippen LogP contribution in [0.2, 0.25) is 0 Å². The Hall–Kier alpha value is -2.49. The quantitative estimate of drug-likeness (QED) is 0.702. The van der Waals surface area contributed by atoms with Gasteiger partial charge in [-0.15, -0.1) is 10.2 Å². The van der Waals surface area contributed by atoms with Gasteiger partial charge in [0, 0.05) is 23.6 Å². The molecule has 4 heteroatoms. The molecule has 4 nitrogen and oxygen atoms in total. The van der Waals surface area contributed by atoms with Crippen LogP contribution in [0.4, 0.5) is 0 Å². The van der Waals surface area contributed by atoms with Gasteiger partial charge < -0.3 is 0 Å². The minimum absolute atomic E-state index is 0.837. The van der Waals surface area contributed by atoms with E-state index in [-0.39, 0.29) is 0 Å². The molecule has 0 saturated carbocycles. The van der Waals surface area contributed by atoms with Gasteiger partial charge in [-0.3, -0.25) is 9.55 Å². The van der Waals surface area contributed by atoms with Crippen molar-refractivity contribution >= 4 is 0 Å². The molecule has 0 spiro atoms. The van der Waals surface area contributed by atoms with Crippen LogP contribution in [-0.4, -0.2) is 19.7 Å². The van der Waals surface area contributed by atoms with Gasteiger partial charge in [-0.25, -0.2) is 0 Å². The van der Waals surface area contributed by atoms with Crippen molar-refractivity contribution in [2.45, 2.75) is 13.8 Å². The van der Waals surface area contributed by atoms with E-state index in [1.165, 1.54) is 5.56 Å². The fraction of sp³-hybridized carbons (Fsp3) is 0.133. The van der Waals surface area contributed by atoms with Gasteiger partial charge in [-0.2, -0.15) is 0 Å². The second-order valence-corrected chi connectivity index (χ2v) is 4.48. The Morgan fingerprint density at radius 3 is 2.21 bits per heavy atom. The highest BCUT2D eigenvalue weighted by Gasteiger charge is 2.12. The summed E-state index contributed by atoms with van der Waals surface area (Å²) in [4.78, 5) is 4.03. The van der Waals surface area contributed by atoms with Gasteiger partial charge in [0.1, 0.15) is 5.82 Å². The first-order chi connectivity index (χ1) is 9.25. The average Bonchev–Trinajstić information content (AvgIpc) is 2.83. The summed E-state index contributed by atoms with van der Waals surface area (Å²) in [5.74, 6) is 1.71. The van der Waals surface area contributed by atoms with Gasteiger partial charge in [0.2, 0.25) is 0 Å². The highest BCUT2D eigenvalue weighted by atomic mass is 15.3. The van der Waals surface area contributed by atoms with E-state index >= 15 is 0 Å². The summed E-state index contributed by atoms with van der Waals surface area (Å²) in [5, 5.41) is 8.45. The zero-order valence-corrected chi connectivity index (χ0v) is 10.9. The van der Waals surface area contributed by atoms with Gasteiger partial charge in [-0.1, -0.05) is 17.7 Å². The van der Waals surface area contributed by atoms with Crippen molar-refractivity contribution in [3.8, 4) is 17.1 Å². The molecule has 0 saturated heterocycles. The van der Waals surface area contributed by atoms with Crippen LogP contribution < -0.4 is 0 Å². The molecule has 0 amide bonds. The molecule has 0 unspecified atom stereocenters. The van der Waals surface area contributed by atoms with E-state index in [0.29, 0.717) is 0 Å². The van der Waals surface area contributed by atoms with E-state index < -0.39 is 0 Å². The molecule has 0 fully saturated rings. The zero-order chi connectivity index (χ0) is 13.2. The van der Waals surface area contributed by atoms with E-state index in [1.54, 1.807) is 12.4 Å². The van der Waals surface area contributed by atoms with Crippen molar-refractivity contribution in [2.24, 2.45) is 0 Å². The SMILES string of the molecule is Cc1ccc(-n2c(C)nnc2-c2ccncc2)cc1. The monoisotopic (exact) mass is 250 g/mol. The first kappa shape index (κ1) is 11.6. The fourth-order valence-electron chi connectivity index (χ4n) is 2.05. The third kappa shape index (κ3) is 2.12. The number of benzene rings is 1. The predicted molar refractivity (Wildman–Crippen MR) is 74.1 cm³/mol. The van der Waals surface area contributed by atoms with Crippen molar-refractivity contribution in [1.29, 1.82) is 0 Å². The van der Waals surface area contributed by atoms with E-state index in [1.807, 2.05) is 19.1 Å². The van der Waals surface area contributed by atoms with E-state index in [4.69, 9.17) is 0 Å². The number of aromatic nitrogens is 4. The first-order valence-electron chi connectivity index (χ1n) is 6.15. The number of hydrogen-bond donors (Lipinski definition) is 0. The van der Waals surface area contributed by atoms with Gasteiger partial charge in [-0.05, 0) is 38.1 Å². The maximum atomic E-state index is 4.27. The Balaban J connectivity index is 2.17. The number of pyridine rings is 1. The second kappa shape index (κ2) is 4.65. The Morgan fingerprint density at radius 2 is 1.53 bits per heavy atom. The molecule has 0 radical (unpaired) electrons. The highest BCUT2D eigenvalue weighted by molar-refractivity contribution is 5.58. The molecule has 2 aromatic heterocycles. The molecule has 0 aliphatic rings. The van der Waals surface area contributed by atoms with E-state index in [2.05, 4.69) is 50.9 Å². The van der Waals surface area contributed by atoms with Gasteiger partial charge in [0.05, 0.1) is 0 Å². The lowest BCUT2D eigenvalue weighted by Crippen LogP contribution is -1.99. The van der Waals surface area contributed by atoms with Crippen LogP contribution in [0.5, 0.6) is 0 Å². The summed E-state index contributed by atoms with van der Waals surface area (Å²) in [7, 11) is 0. The Morgan fingerprint density at radius 1 is 0.842 bits per heavy atom. The summed E-state index contributed by atoms with van der Waals surface area (Å²) >= 11 is 0. The lowest BCUT2D eigenvalue weighted by atomic mass is 10.2. The molecular weight excluding hydrogens is 236 g/mol. The Bertz CT molecular complexity index is 684. The topological polar surface area (TPSA) is 43.6 Å². The van der Waals surface area contributed by atoms with Crippen molar-refractivity contribution in [1.82, 2.24) is 19.7 Å². The Kier molecular flexibility index (Phi) is 2.83. The molecule has 94 valence electrons. The minimum atomic E-state index is 0.837. The summed E-state index contributed by atoms with van der Waals surface area (Å²) in [6, 6.07) is 12.2. The van der Waals surface area contributed by atoms with Crippen LogP contribution in [0.3, 0.4) is 0 Å². The minimum Gasteiger partial charge on any atom is -0.279 e. The summed E-state index contributed by atoms with van der Waals surface area (Å²) in [6.45, 7) is 4.03. The summed E-state index contributed by atoms with van der Waals surface area (Å²) in [5.41, 5.74) is 3.32. The zero-order valence-electron chi connectivity index (χ0n) is 10.9. The second-order valence-electron chi connectivity index (χ2n) is 4.48. The lowest BCUT2D eigenvalue weighted by Gasteiger charge is -2.08. The maximum absolute atomic E-state index is 4.27. The molecule has 0 N–H and O–H groups in total. The predicted octanol–water partition coefficient (Wildman–Crippen LogP) is 2.95. The van der Waals surface area contributed by atoms with E-state index in [0.717, 1.165) is 22.9 Å². The smallest absolute Gasteiger partial charge is 0.168 e. The molecule has 0 bridgehead atoms. The lowest BCUT2D eigenvalue weighted by molar-refractivity contribution is 0.971. The van der Waals surface area contributed by atoms with Gasteiger partial charge in [0.15, 0.2) is 5.82 Å². The van der Waals surface area contributed by atoms with Crippen molar-refractivity contribution in [2.75, 3.05) is 0 Å². The normalized spacial score (nSPS) is 10.6. The van der Waals surface area contributed by atoms with Crippen LogP contribution in [0.25, 0.3) is 17.1 Å². The number of aryl methyl sites for hydroxylation is 2. The van der Waals surface area contributed by atoms with Crippen LogP contribution >= 0.6 is 0 Å². The van der Waals surface area contributed by atoms with Crippen LogP contribution in [0, 0.1) is 13.8 Å². The summed E-state index contributed by atoms with van der Waals surface area (Å²) < 4.78 is 2.05. The van der Waals surface area contributed by atoms with Gasteiger partial charge in [0.25, 0.3) is 0 Å². The first-order valence-corrected chi connectivity index (χ1v) is 6.15. The third-order valence-corrected chi connectivity index (χ3v) is 3.06. The van der Waals surface area contributed by atoms with Crippen molar-refractivity contribution in [3.63, 3.8) is 0 Å². The maximum Gasteiger partial charge on any atom is 0.168 e. The number of nitrogens with zero attached hydrogens (tertiary/aromatic N) is 4. The molecule has 3 aromatic rings. The van der Waals surface area contributed by atoms with Crippen molar-refractivity contribution < 1.29 is 0 Å². The van der Waals surface area contributed by atoms with Gasteiger partial charge >= 0.3 is 0 Å². The standard InChI is InChI=1S/C15H14N4/c1-11-3-5-14(6-4-11)19-12(2)17-18-15(19)13-7-9-16-10-8-13/h3-10H,1-2H3. The molecule has 19 heavy (non-hydrogen) atoms. The molecule has 0 aliphatic heterocycles. The largest absolute Gasteiger partial charge is 0.279 e. The molecule has 1 aromatic carbocycles. The Labute approximate surface area is 111 Å². The van der Waals surface area contributed by atoms with E-state index in [9.17, 15) is 0 Å². The highest BCUT2D eigenvalue weighted by Crippen LogP contribution is 2.22. The fourth-order valence-corrected chi connectivity index (χ4v) is 2.05. The van der Waals surface area contributed by atoms with Crippen molar-refractivity contribution in [3.05, 3.63) is 60.2 Å². The summed E-state index contributed by atoms with van der Waals surface area (Å²) in [6.07, 6.45) is 3.53. The molecule has 3 rings (SSSR count). The van der Waals surface area contributed by atoms with Crippen LogP contribution in [-0.2, 0) is 0 Å². The number of hydrogen-bond acceptors (Lipinski definition) is 3.